The standard InChI is InChI=1S/C18H26ClN3O3/c1-13-5-4-8-22(10-13)12-18(24)21(2)11-17(23)20-15-9-14(19)6-7-16(15)25-3/h6-7,9,13H,4-5,8,10-12H2,1-3H3,(H,20,23)/p+1/t13-/m1/s1. The third-order valence-electron chi connectivity index (χ3n) is 4.51. The molecule has 25 heavy (non-hydrogen) atoms. The Morgan fingerprint density at radius 1 is 1.44 bits per heavy atom. The van der Waals surface area contributed by atoms with Crippen LogP contribution in [0.15, 0.2) is 18.2 Å². The largest absolute Gasteiger partial charge is 0.495 e. The predicted octanol–water partition coefficient (Wildman–Crippen LogP) is 1.06. The van der Waals surface area contributed by atoms with Crippen molar-refractivity contribution in [2.24, 2.45) is 5.92 Å². The lowest BCUT2D eigenvalue weighted by Gasteiger charge is -2.28. The van der Waals surface area contributed by atoms with Crippen LogP contribution in [-0.4, -0.2) is 57.1 Å². The van der Waals surface area contributed by atoms with E-state index in [2.05, 4.69) is 12.2 Å². The van der Waals surface area contributed by atoms with E-state index < -0.39 is 0 Å². The Balaban J connectivity index is 1.87. The molecule has 1 aromatic rings. The summed E-state index contributed by atoms with van der Waals surface area (Å²) in [6.45, 7) is 4.70. The summed E-state index contributed by atoms with van der Waals surface area (Å²) in [5.74, 6) is 0.884. The molecule has 2 atom stereocenters. The molecule has 2 rings (SSSR count). The molecule has 0 bridgehead atoms. The summed E-state index contributed by atoms with van der Waals surface area (Å²) in [6.07, 6.45) is 2.39. The number of carbonyl (C=O) groups excluding carboxylic acids is 2. The first kappa shape index (κ1) is 19.5. The van der Waals surface area contributed by atoms with Gasteiger partial charge in [0.25, 0.3) is 5.91 Å². The molecule has 7 heteroatoms. The Kier molecular flexibility index (Phi) is 7.08. The number of piperidine rings is 1. The van der Waals surface area contributed by atoms with Crippen molar-refractivity contribution in [3.05, 3.63) is 23.2 Å². The summed E-state index contributed by atoms with van der Waals surface area (Å²) in [6, 6.07) is 5.00. The number of hydrogen-bond acceptors (Lipinski definition) is 3. The van der Waals surface area contributed by atoms with Crippen molar-refractivity contribution in [2.45, 2.75) is 19.8 Å². The molecule has 2 N–H and O–H groups in total. The zero-order valence-electron chi connectivity index (χ0n) is 15.1. The van der Waals surface area contributed by atoms with Crippen molar-refractivity contribution in [3.63, 3.8) is 0 Å². The van der Waals surface area contributed by atoms with E-state index in [1.54, 1.807) is 25.2 Å². The first-order valence-corrected chi connectivity index (χ1v) is 8.97. The molecule has 0 saturated carbocycles. The zero-order chi connectivity index (χ0) is 18.4. The van der Waals surface area contributed by atoms with Crippen LogP contribution in [0.1, 0.15) is 19.8 Å². The van der Waals surface area contributed by atoms with Crippen LogP contribution in [0, 0.1) is 5.92 Å². The van der Waals surface area contributed by atoms with Gasteiger partial charge in [-0.25, -0.2) is 0 Å². The Labute approximate surface area is 154 Å². The number of benzene rings is 1. The van der Waals surface area contributed by atoms with Gasteiger partial charge in [-0.15, -0.1) is 0 Å². The van der Waals surface area contributed by atoms with E-state index in [1.807, 2.05) is 0 Å². The molecule has 0 spiro atoms. The molecular weight excluding hydrogens is 342 g/mol. The number of halogens is 1. The van der Waals surface area contributed by atoms with Gasteiger partial charge in [0.2, 0.25) is 5.91 Å². The fourth-order valence-corrected chi connectivity index (χ4v) is 3.35. The second-order valence-electron chi connectivity index (χ2n) is 6.77. The van der Waals surface area contributed by atoms with Crippen LogP contribution in [0.2, 0.25) is 5.02 Å². The van der Waals surface area contributed by atoms with Gasteiger partial charge in [0, 0.05) is 18.0 Å². The summed E-state index contributed by atoms with van der Waals surface area (Å²) in [7, 11) is 3.18. The molecule has 0 aliphatic carbocycles. The highest BCUT2D eigenvalue weighted by atomic mass is 35.5. The molecule has 138 valence electrons. The Morgan fingerprint density at radius 3 is 2.88 bits per heavy atom. The van der Waals surface area contributed by atoms with Crippen LogP contribution in [-0.2, 0) is 9.59 Å². The van der Waals surface area contributed by atoms with Gasteiger partial charge in [0.1, 0.15) is 5.75 Å². The maximum atomic E-state index is 12.4. The van der Waals surface area contributed by atoms with Gasteiger partial charge in [-0.05, 0) is 31.0 Å². The maximum Gasteiger partial charge on any atom is 0.277 e. The van der Waals surface area contributed by atoms with Crippen LogP contribution in [0.3, 0.4) is 0 Å². The van der Waals surface area contributed by atoms with Gasteiger partial charge in [-0.3, -0.25) is 9.59 Å². The van der Waals surface area contributed by atoms with Gasteiger partial charge in [0.15, 0.2) is 6.54 Å². The maximum absolute atomic E-state index is 12.4. The fraction of sp³-hybridized carbons (Fsp3) is 0.556. The molecule has 1 unspecified atom stereocenters. The number of amides is 2. The quantitative estimate of drug-likeness (QED) is 0.789. The lowest BCUT2D eigenvalue weighted by molar-refractivity contribution is -0.900. The van der Waals surface area contributed by atoms with Gasteiger partial charge < -0.3 is 19.9 Å². The topological polar surface area (TPSA) is 63.1 Å². The first-order chi connectivity index (χ1) is 11.9. The average molecular weight is 369 g/mol. The van der Waals surface area contributed by atoms with Crippen LogP contribution in [0.25, 0.3) is 0 Å². The molecule has 1 aromatic carbocycles. The summed E-state index contributed by atoms with van der Waals surface area (Å²) in [5, 5.41) is 3.25. The Morgan fingerprint density at radius 2 is 2.20 bits per heavy atom. The van der Waals surface area contributed by atoms with Crippen LogP contribution >= 0.6 is 11.6 Å². The molecule has 1 saturated heterocycles. The highest BCUT2D eigenvalue weighted by Crippen LogP contribution is 2.27. The third kappa shape index (κ3) is 5.90. The number of likely N-dealkylation sites (N-methyl/N-ethyl adjacent to an activating group) is 1. The number of rotatable bonds is 6. The van der Waals surface area contributed by atoms with E-state index in [0.717, 1.165) is 19.5 Å². The lowest BCUT2D eigenvalue weighted by Crippen LogP contribution is -3.14. The molecule has 2 amide bonds. The number of carbonyl (C=O) groups is 2. The second-order valence-corrected chi connectivity index (χ2v) is 7.21. The lowest BCUT2D eigenvalue weighted by atomic mass is 10.0. The van der Waals surface area contributed by atoms with Crippen molar-refractivity contribution < 1.29 is 19.2 Å². The molecule has 1 aliphatic heterocycles. The van der Waals surface area contributed by atoms with Crippen LogP contribution in [0.4, 0.5) is 5.69 Å². The number of anilines is 1. The SMILES string of the molecule is COc1ccc(Cl)cc1NC(=O)CN(C)C(=O)C[NH+]1CCC[C@@H](C)C1. The minimum absolute atomic E-state index is 0.00264. The number of likely N-dealkylation sites (tertiary alicyclic amines) is 1. The van der Waals surface area contributed by atoms with E-state index in [0.29, 0.717) is 28.9 Å². The minimum Gasteiger partial charge on any atom is -0.495 e. The van der Waals surface area contributed by atoms with Gasteiger partial charge in [0.05, 0.1) is 32.4 Å². The van der Waals surface area contributed by atoms with Crippen LogP contribution < -0.4 is 15.0 Å². The molecule has 0 aromatic heterocycles. The molecule has 0 radical (unpaired) electrons. The van der Waals surface area contributed by atoms with Gasteiger partial charge >= 0.3 is 0 Å². The van der Waals surface area contributed by atoms with E-state index in [-0.39, 0.29) is 18.4 Å². The number of methoxy groups -OCH3 is 1. The van der Waals surface area contributed by atoms with Crippen molar-refractivity contribution in [1.29, 1.82) is 0 Å². The highest BCUT2D eigenvalue weighted by molar-refractivity contribution is 6.31. The number of nitrogens with zero attached hydrogens (tertiary/aromatic N) is 1. The average Bonchev–Trinajstić information content (AvgIpc) is 2.55. The molecule has 1 aliphatic rings. The van der Waals surface area contributed by atoms with E-state index >= 15 is 0 Å². The monoisotopic (exact) mass is 368 g/mol. The summed E-state index contributed by atoms with van der Waals surface area (Å²) in [4.78, 5) is 27.4. The summed E-state index contributed by atoms with van der Waals surface area (Å²) >= 11 is 5.96. The molecule has 1 fully saturated rings. The van der Waals surface area contributed by atoms with E-state index in [1.165, 1.54) is 23.3 Å². The van der Waals surface area contributed by atoms with Crippen molar-refractivity contribution >= 4 is 29.1 Å². The van der Waals surface area contributed by atoms with Crippen molar-refractivity contribution in [2.75, 3.05) is 45.7 Å². The minimum atomic E-state index is -0.279. The van der Waals surface area contributed by atoms with E-state index in [9.17, 15) is 9.59 Å². The number of nitrogens with one attached hydrogen (secondary N) is 2. The first-order valence-electron chi connectivity index (χ1n) is 8.60. The van der Waals surface area contributed by atoms with E-state index in [4.69, 9.17) is 16.3 Å². The fourth-order valence-electron chi connectivity index (χ4n) is 3.18. The highest BCUT2D eigenvalue weighted by Gasteiger charge is 2.24. The Bertz CT molecular complexity index is 624. The van der Waals surface area contributed by atoms with Crippen LogP contribution in [0.5, 0.6) is 5.75 Å². The normalized spacial score (nSPS) is 20.0. The number of hydrogen-bond donors (Lipinski definition) is 2. The van der Waals surface area contributed by atoms with Crippen molar-refractivity contribution in [1.82, 2.24) is 4.90 Å². The number of quaternary nitrogens is 1. The molecule has 6 nitrogen and oxygen atoms in total. The third-order valence-corrected chi connectivity index (χ3v) is 4.74. The molecular formula is C18H27ClN3O3+. The zero-order valence-corrected chi connectivity index (χ0v) is 15.9. The smallest absolute Gasteiger partial charge is 0.277 e. The number of ether oxygens (including phenoxy) is 1. The summed E-state index contributed by atoms with van der Waals surface area (Å²) < 4.78 is 5.21. The molecule has 1 heterocycles. The Hall–Kier alpha value is -1.79. The van der Waals surface area contributed by atoms with Gasteiger partial charge in [-0.1, -0.05) is 18.5 Å². The second kappa shape index (κ2) is 9.06. The van der Waals surface area contributed by atoms with Crippen molar-refractivity contribution in [3.8, 4) is 5.75 Å². The predicted molar refractivity (Wildman–Crippen MR) is 98.2 cm³/mol. The summed E-state index contributed by atoms with van der Waals surface area (Å²) in [5.41, 5.74) is 0.497. The van der Waals surface area contributed by atoms with Gasteiger partial charge in [-0.2, -0.15) is 0 Å².